The first-order valence-corrected chi connectivity index (χ1v) is 9.06. The van der Waals surface area contributed by atoms with E-state index in [4.69, 9.17) is 0 Å². The minimum absolute atomic E-state index is 0.307. The number of allylic oxidation sites excluding steroid dienone is 2. The van der Waals surface area contributed by atoms with Crippen LogP contribution in [-0.4, -0.2) is 23.8 Å². The Morgan fingerprint density at radius 3 is 2.48 bits per heavy atom. The molecule has 2 fully saturated rings. The van der Waals surface area contributed by atoms with Gasteiger partial charge >= 0.3 is 0 Å². The summed E-state index contributed by atoms with van der Waals surface area (Å²) in [5.74, 6) is 1.90. The summed E-state index contributed by atoms with van der Waals surface area (Å²) in [5.41, 5.74) is 3.02. The smallest absolute Gasteiger partial charge is 0.179 e. The second-order valence-corrected chi connectivity index (χ2v) is 7.96. The van der Waals surface area contributed by atoms with Gasteiger partial charge in [-0.1, -0.05) is 33.6 Å². The van der Waals surface area contributed by atoms with Crippen molar-refractivity contribution in [2.24, 2.45) is 17.3 Å². The van der Waals surface area contributed by atoms with Gasteiger partial charge in [-0.15, -0.1) is 0 Å². The van der Waals surface area contributed by atoms with Crippen LogP contribution in [0.15, 0.2) is 11.3 Å². The van der Waals surface area contributed by atoms with Gasteiger partial charge in [0.25, 0.3) is 0 Å². The van der Waals surface area contributed by atoms with Gasteiger partial charge in [-0.25, -0.2) is 0 Å². The molecule has 2 unspecified atom stereocenters. The highest BCUT2D eigenvalue weighted by Gasteiger charge is 2.45. The van der Waals surface area contributed by atoms with Crippen LogP contribution in [-0.2, 0) is 4.79 Å². The van der Waals surface area contributed by atoms with Gasteiger partial charge in [0.15, 0.2) is 5.78 Å². The van der Waals surface area contributed by atoms with Crippen molar-refractivity contribution in [1.82, 2.24) is 4.90 Å². The summed E-state index contributed by atoms with van der Waals surface area (Å²) in [7, 11) is 0. The quantitative estimate of drug-likeness (QED) is 0.759. The first kappa shape index (κ1) is 15.1. The van der Waals surface area contributed by atoms with Crippen LogP contribution in [0.1, 0.15) is 72.1 Å². The van der Waals surface area contributed by atoms with Crippen LogP contribution in [0.2, 0.25) is 0 Å². The van der Waals surface area contributed by atoms with Crippen molar-refractivity contribution in [3.05, 3.63) is 11.3 Å². The lowest BCUT2D eigenvalue weighted by atomic mass is 9.60. The summed E-state index contributed by atoms with van der Waals surface area (Å²) in [6.07, 6.45) is 9.63. The Kier molecular flexibility index (Phi) is 4.16. The van der Waals surface area contributed by atoms with Crippen molar-refractivity contribution in [3.8, 4) is 0 Å². The topological polar surface area (TPSA) is 20.3 Å². The second-order valence-electron chi connectivity index (χ2n) is 7.96. The van der Waals surface area contributed by atoms with Gasteiger partial charge < -0.3 is 4.90 Å². The van der Waals surface area contributed by atoms with E-state index in [1.807, 2.05) is 0 Å². The molecule has 0 spiro atoms. The molecule has 1 heterocycles. The van der Waals surface area contributed by atoms with Gasteiger partial charge in [0.05, 0.1) is 5.70 Å². The molecule has 3 rings (SSSR count). The van der Waals surface area contributed by atoms with E-state index in [2.05, 4.69) is 25.7 Å². The fraction of sp³-hybridized carbons (Fsp3) is 0.842. The molecule has 0 N–H and O–H groups in total. The van der Waals surface area contributed by atoms with E-state index >= 15 is 0 Å². The summed E-state index contributed by atoms with van der Waals surface area (Å²) in [4.78, 5) is 15.0. The molecule has 0 aromatic rings. The van der Waals surface area contributed by atoms with Crippen LogP contribution in [0.4, 0.5) is 0 Å². The van der Waals surface area contributed by atoms with Crippen molar-refractivity contribution in [3.63, 3.8) is 0 Å². The highest BCUT2D eigenvalue weighted by atomic mass is 16.1. The number of carbonyl (C=O) groups excluding carboxylic acids is 1. The Hall–Kier alpha value is -0.790. The van der Waals surface area contributed by atoms with Crippen LogP contribution in [0.3, 0.4) is 0 Å². The van der Waals surface area contributed by atoms with Gasteiger partial charge in [-0.3, -0.25) is 4.79 Å². The van der Waals surface area contributed by atoms with E-state index in [1.165, 1.54) is 38.5 Å². The Bertz CT molecular complexity index is 444. The molecule has 2 atom stereocenters. The first-order chi connectivity index (χ1) is 10.0. The third-order valence-corrected chi connectivity index (χ3v) is 6.31. The molecule has 2 heteroatoms. The molecule has 0 amide bonds. The van der Waals surface area contributed by atoms with Crippen LogP contribution in [0.25, 0.3) is 0 Å². The van der Waals surface area contributed by atoms with E-state index < -0.39 is 0 Å². The normalized spacial score (nSPS) is 34.4. The molecule has 0 aromatic carbocycles. The van der Waals surface area contributed by atoms with Crippen LogP contribution < -0.4 is 0 Å². The maximum absolute atomic E-state index is 12.6. The lowest BCUT2D eigenvalue weighted by Crippen LogP contribution is -2.37. The number of nitrogens with zero attached hydrogens (tertiary/aromatic N) is 1. The lowest BCUT2D eigenvalue weighted by molar-refractivity contribution is -0.116. The molecule has 2 nitrogen and oxygen atoms in total. The number of ketones is 1. The minimum atomic E-state index is 0.307. The van der Waals surface area contributed by atoms with Crippen LogP contribution >= 0.6 is 0 Å². The average Bonchev–Trinajstić information content (AvgIpc) is 3.07. The molecule has 3 aliphatic rings. The molecule has 1 saturated heterocycles. The molecule has 21 heavy (non-hydrogen) atoms. The van der Waals surface area contributed by atoms with E-state index in [0.29, 0.717) is 17.1 Å². The molecule has 0 aromatic heterocycles. The maximum atomic E-state index is 12.6. The number of hydrogen-bond donors (Lipinski definition) is 0. The Morgan fingerprint density at radius 2 is 1.86 bits per heavy atom. The summed E-state index contributed by atoms with van der Waals surface area (Å²) in [5, 5.41) is 0. The number of Topliss-reactive ketones (excluding diaryl/α,β-unsaturated/α-hetero) is 1. The van der Waals surface area contributed by atoms with Gasteiger partial charge in [0.1, 0.15) is 0 Å². The van der Waals surface area contributed by atoms with Crippen LogP contribution in [0.5, 0.6) is 0 Å². The van der Waals surface area contributed by atoms with E-state index in [1.54, 1.807) is 5.57 Å². The summed E-state index contributed by atoms with van der Waals surface area (Å²) in [6.45, 7) is 9.39. The van der Waals surface area contributed by atoms with Crippen molar-refractivity contribution < 1.29 is 4.79 Å². The van der Waals surface area contributed by atoms with Crippen molar-refractivity contribution >= 4 is 5.78 Å². The summed E-state index contributed by atoms with van der Waals surface area (Å²) < 4.78 is 0. The Labute approximate surface area is 130 Å². The van der Waals surface area contributed by atoms with Crippen LogP contribution in [0, 0.1) is 17.3 Å². The van der Waals surface area contributed by atoms with E-state index in [9.17, 15) is 4.79 Å². The second kappa shape index (κ2) is 5.78. The summed E-state index contributed by atoms with van der Waals surface area (Å²) >= 11 is 0. The third-order valence-electron chi connectivity index (χ3n) is 6.31. The zero-order valence-corrected chi connectivity index (χ0v) is 14.1. The van der Waals surface area contributed by atoms with Gasteiger partial charge in [0.2, 0.25) is 0 Å². The van der Waals surface area contributed by atoms with E-state index in [-0.39, 0.29) is 0 Å². The van der Waals surface area contributed by atoms with Crippen molar-refractivity contribution in [1.29, 1.82) is 0 Å². The van der Waals surface area contributed by atoms with Gasteiger partial charge in [-0.2, -0.15) is 0 Å². The van der Waals surface area contributed by atoms with Crippen molar-refractivity contribution in [2.45, 2.75) is 72.1 Å². The molecule has 1 aliphatic heterocycles. The van der Waals surface area contributed by atoms with E-state index in [0.717, 1.165) is 37.5 Å². The zero-order valence-electron chi connectivity index (χ0n) is 14.1. The third kappa shape index (κ3) is 2.55. The molecule has 1 saturated carbocycles. The highest BCUT2D eigenvalue weighted by Crippen LogP contribution is 2.54. The predicted octanol–water partition coefficient (Wildman–Crippen LogP) is 4.55. The van der Waals surface area contributed by atoms with Crippen molar-refractivity contribution in [2.75, 3.05) is 13.1 Å². The monoisotopic (exact) mass is 289 g/mol. The molecule has 0 bridgehead atoms. The van der Waals surface area contributed by atoms with Gasteiger partial charge in [-0.05, 0) is 54.9 Å². The highest BCUT2D eigenvalue weighted by molar-refractivity contribution is 5.98. The SMILES string of the molecule is CC1CCCC(C2=C(N3CCCC3)C(=O)CC2)(C(C)C)C1. The molecular weight excluding hydrogens is 258 g/mol. The Morgan fingerprint density at radius 1 is 1.14 bits per heavy atom. The summed E-state index contributed by atoms with van der Waals surface area (Å²) in [6, 6.07) is 0. The molecule has 118 valence electrons. The lowest BCUT2D eigenvalue weighted by Gasteiger charge is -2.46. The minimum Gasteiger partial charge on any atom is -0.369 e. The Balaban J connectivity index is 2.02. The fourth-order valence-electron chi connectivity index (χ4n) is 5.18. The number of carbonyl (C=O) groups is 1. The maximum Gasteiger partial charge on any atom is 0.179 e. The molecule has 2 aliphatic carbocycles. The number of likely N-dealkylation sites (tertiary alicyclic amines) is 1. The standard InChI is InChI=1S/C19H31NO/c1-14(2)19(10-6-7-15(3)13-19)16-8-9-17(21)18(16)20-11-4-5-12-20/h14-15H,4-13H2,1-3H3. The fourth-order valence-corrected chi connectivity index (χ4v) is 5.18. The largest absolute Gasteiger partial charge is 0.369 e. The molecule has 0 radical (unpaired) electrons. The van der Waals surface area contributed by atoms with Gasteiger partial charge in [0, 0.05) is 19.5 Å². The predicted molar refractivity (Wildman–Crippen MR) is 87.0 cm³/mol. The number of rotatable bonds is 3. The number of hydrogen-bond acceptors (Lipinski definition) is 2. The average molecular weight is 289 g/mol. The first-order valence-electron chi connectivity index (χ1n) is 9.06. The molecular formula is C19H31NO. The zero-order chi connectivity index (χ0) is 15.0.